The van der Waals surface area contributed by atoms with Gasteiger partial charge in [-0.25, -0.2) is 9.97 Å². The monoisotopic (exact) mass is 288 g/mol. The number of hydrogen-bond acceptors (Lipinski definition) is 2. The zero-order valence-electron chi connectivity index (χ0n) is 4.81. The minimum atomic E-state index is 0.302. The summed E-state index contributed by atoms with van der Waals surface area (Å²) >= 11 is 13.2. The summed E-state index contributed by atoms with van der Waals surface area (Å²) in [7, 11) is 0. The summed E-state index contributed by atoms with van der Waals surface area (Å²) < 4.78 is 0.841. The highest BCUT2D eigenvalue weighted by atomic mass is 127. The van der Waals surface area contributed by atoms with E-state index in [1.807, 2.05) is 0 Å². The minimum Gasteiger partial charge on any atom is -0.239 e. The fourth-order valence-corrected chi connectivity index (χ4v) is 0.979. The molecule has 2 nitrogen and oxygen atoms in total. The molecule has 0 radical (unpaired) electrons. The van der Waals surface area contributed by atoms with Gasteiger partial charge in [0.25, 0.3) is 0 Å². The van der Waals surface area contributed by atoms with Crippen LogP contribution in [-0.2, 0) is 5.88 Å². The molecule has 1 heterocycles. The first-order valence-electron chi connectivity index (χ1n) is 2.47. The molecule has 0 saturated carbocycles. The predicted octanol–water partition coefficient (Wildman–Crippen LogP) is 2.47. The molecule has 0 N–H and O–H groups in total. The van der Waals surface area contributed by atoms with Crippen LogP contribution in [0.3, 0.4) is 0 Å². The molecule has 0 aromatic carbocycles. The number of alkyl halides is 1. The summed E-state index contributed by atoms with van der Waals surface area (Å²) in [5.41, 5.74) is 0. The lowest BCUT2D eigenvalue weighted by Crippen LogP contribution is -1.92. The van der Waals surface area contributed by atoms with E-state index in [1.54, 1.807) is 6.20 Å². The van der Waals surface area contributed by atoms with Crippen molar-refractivity contribution >= 4 is 45.8 Å². The molecule has 0 spiro atoms. The van der Waals surface area contributed by atoms with Gasteiger partial charge in [-0.1, -0.05) is 11.6 Å². The van der Waals surface area contributed by atoms with E-state index in [-0.39, 0.29) is 0 Å². The molecule has 0 aliphatic heterocycles. The Morgan fingerprint density at radius 2 is 2.30 bits per heavy atom. The van der Waals surface area contributed by atoms with Crippen LogP contribution in [0.1, 0.15) is 5.82 Å². The van der Waals surface area contributed by atoms with Crippen LogP contribution in [0.2, 0.25) is 5.15 Å². The van der Waals surface area contributed by atoms with Gasteiger partial charge in [-0.3, -0.25) is 0 Å². The van der Waals surface area contributed by atoms with Crippen molar-refractivity contribution < 1.29 is 0 Å². The molecule has 54 valence electrons. The van der Waals surface area contributed by atoms with Crippen LogP contribution in [0, 0.1) is 3.57 Å². The highest BCUT2D eigenvalue weighted by Gasteiger charge is 1.99. The van der Waals surface area contributed by atoms with Crippen LogP contribution >= 0.6 is 45.8 Å². The van der Waals surface area contributed by atoms with Gasteiger partial charge < -0.3 is 0 Å². The molecular weight excluding hydrogens is 286 g/mol. The SMILES string of the molecule is ClCc1ncc(I)c(Cl)n1. The van der Waals surface area contributed by atoms with Crippen LogP contribution < -0.4 is 0 Å². The Hall–Kier alpha value is 0.390. The predicted molar refractivity (Wildman–Crippen MR) is 49.3 cm³/mol. The van der Waals surface area contributed by atoms with Gasteiger partial charge in [-0.05, 0) is 22.6 Å². The molecule has 5 heteroatoms. The fraction of sp³-hybridized carbons (Fsp3) is 0.200. The lowest BCUT2D eigenvalue weighted by Gasteiger charge is -1.95. The van der Waals surface area contributed by atoms with E-state index in [0.29, 0.717) is 16.9 Å². The Labute approximate surface area is 82.1 Å². The molecule has 0 aliphatic carbocycles. The maximum absolute atomic E-state index is 5.68. The normalized spacial score (nSPS) is 9.90. The van der Waals surface area contributed by atoms with Gasteiger partial charge in [0.1, 0.15) is 11.0 Å². The van der Waals surface area contributed by atoms with Crippen LogP contribution in [0.5, 0.6) is 0 Å². The average Bonchev–Trinajstić information content (AvgIpc) is 1.95. The molecule has 0 saturated heterocycles. The lowest BCUT2D eigenvalue weighted by molar-refractivity contribution is 1.02. The van der Waals surface area contributed by atoms with Crippen molar-refractivity contribution in [3.63, 3.8) is 0 Å². The van der Waals surface area contributed by atoms with E-state index >= 15 is 0 Å². The van der Waals surface area contributed by atoms with E-state index in [2.05, 4.69) is 32.6 Å². The molecule has 0 bridgehead atoms. The Balaban J connectivity index is 3.04. The summed E-state index contributed by atoms with van der Waals surface area (Å²) in [5, 5.41) is 0.464. The van der Waals surface area contributed by atoms with Gasteiger partial charge >= 0.3 is 0 Å². The minimum absolute atomic E-state index is 0.302. The number of halogens is 3. The molecular formula is C5H3Cl2IN2. The van der Waals surface area contributed by atoms with Gasteiger partial charge in [-0.2, -0.15) is 0 Å². The summed E-state index contributed by atoms with van der Waals surface area (Å²) in [5.74, 6) is 0.864. The second-order valence-electron chi connectivity index (χ2n) is 1.56. The Kier molecular flexibility index (Phi) is 3.13. The van der Waals surface area contributed by atoms with Crippen LogP contribution in [0.4, 0.5) is 0 Å². The van der Waals surface area contributed by atoms with Gasteiger partial charge in [0.05, 0.1) is 9.45 Å². The van der Waals surface area contributed by atoms with Crippen molar-refractivity contribution in [1.82, 2.24) is 9.97 Å². The van der Waals surface area contributed by atoms with Gasteiger partial charge in [0, 0.05) is 6.20 Å². The number of rotatable bonds is 1. The lowest BCUT2D eigenvalue weighted by atomic mass is 10.6. The molecule has 0 unspecified atom stereocenters. The highest BCUT2D eigenvalue weighted by Crippen LogP contribution is 2.14. The van der Waals surface area contributed by atoms with E-state index in [9.17, 15) is 0 Å². The van der Waals surface area contributed by atoms with Crippen molar-refractivity contribution in [2.24, 2.45) is 0 Å². The quantitative estimate of drug-likeness (QED) is 0.451. The smallest absolute Gasteiger partial charge is 0.146 e. The molecule has 0 fully saturated rings. The molecule has 1 aromatic rings. The highest BCUT2D eigenvalue weighted by molar-refractivity contribution is 14.1. The molecule has 1 aromatic heterocycles. The Morgan fingerprint density at radius 3 is 2.80 bits per heavy atom. The van der Waals surface area contributed by atoms with Gasteiger partial charge in [0.2, 0.25) is 0 Å². The zero-order chi connectivity index (χ0) is 7.56. The van der Waals surface area contributed by atoms with E-state index in [0.717, 1.165) is 3.57 Å². The number of nitrogens with zero attached hydrogens (tertiary/aromatic N) is 2. The Morgan fingerprint density at radius 1 is 1.60 bits per heavy atom. The van der Waals surface area contributed by atoms with E-state index in [4.69, 9.17) is 23.2 Å². The average molecular weight is 289 g/mol. The summed E-state index contributed by atoms with van der Waals surface area (Å²) in [4.78, 5) is 7.83. The largest absolute Gasteiger partial charge is 0.239 e. The fourth-order valence-electron chi connectivity index (χ4n) is 0.444. The molecule has 0 aliphatic rings. The maximum atomic E-state index is 5.68. The first-order chi connectivity index (χ1) is 4.74. The summed E-state index contributed by atoms with van der Waals surface area (Å²) in [6, 6.07) is 0. The second-order valence-corrected chi connectivity index (χ2v) is 3.35. The second kappa shape index (κ2) is 3.69. The molecule has 0 atom stereocenters. The van der Waals surface area contributed by atoms with Crippen LogP contribution in [0.15, 0.2) is 6.20 Å². The first-order valence-corrected chi connectivity index (χ1v) is 4.46. The zero-order valence-corrected chi connectivity index (χ0v) is 8.48. The van der Waals surface area contributed by atoms with Gasteiger partial charge in [0.15, 0.2) is 0 Å². The van der Waals surface area contributed by atoms with Crippen molar-refractivity contribution in [1.29, 1.82) is 0 Å². The first kappa shape index (κ1) is 8.49. The standard InChI is InChI=1S/C5H3Cl2IN2/c6-1-4-9-2-3(8)5(7)10-4/h2H,1H2. The summed E-state index contributed by atoms with van der Waals surface area (Å²) in [6.07, 6.45) is 1.65. The van der Waals surface area contributed by atoms with Crippen molar-refractivity contribution in [3.05, 3.63) is 20.7 Å². The van der Waals surface area contributed by atoms with Crippen molar-refractivity contribution in [3.8, 4) is 0 Å². The molecule has 10 heavy (non-hydrogen) atoms. The van der Waals surface area contributed by atoms with Crippen LogP contribution in [-0.4, -0.2) is 9.97 Å². The molecule has 1 rings (SSSR count). The third-order valence-electron chi connectivity index (χ3n) is 0.871. The van der Waals surface area contributed by atoms with Crippen molar-refractivity contribution in [2.75, 3.05) is 0 Å². The third kappa shape index (κ3) is 1.93. The van der Waals surface area contributed by atoms with Crippen LogP contribution in [0.25, 0.3) is 0 Å². The van der Waals surface area contributed by atoms with Gasteiger partial charge in [-0.15, -0.1) is 11.6 Å². The van der Waals surface area contributed by atoms with E-state index in [1.165, 1.54) is 0 Å². The van der Waals surface area contributed by atoms with Crippen molar-refractivity contribution in [2.45, 2.75) is 5.88 Å². The maximum Gasteiger partial charge on any atom is 0.146 e. The number of hydrogen-bond donors (Lipinski definition) is 0. The topological polar surface area (TPSA) is 25.8 Å². The summed E-state index contributed by atoms with van der Waals surface area (Å²) in [6.45, 7) is 0. The van der Waals surface area contributed by atoms with E-state index < -0.39 is 0 Å². The Bertz CT molecular complexity index is 241. The molecule has 0 amide bonds. The number of aromatic nitrogens is 2. The third-order valence-corrected chi connectivity index (χ3v) is 2.51.